The summed E-state index contributed by atoms with van der Waals surface area (Å²) in [4.78, 5) is 16.6. The number of hydrogen-bond acceptors (Lipinski definition) is 2. The van der Waals surface area contributed by atoms with Crippen LogP contribution in [-0.2, 0) is 4.79 Å². The maximum absolute atomic E-state index is 13.6. The van der Waals surface area contributed by atoms with E-state index in [0.29, 0.717) is 22.9 Å². The summed E-state index contributed by atoms with van der Waals surface area (Å²) >= 11 is 0. The molecule has 4 nitrogen and oxygen atoms in total. The second-order valence-electron chi connectivity index (χ2n) is 8.70. The normalized spacial score (nSPS) is 32.0. The number of fused-ring (bicyclic) bond motifs is 2. The Morgan fingerprint density at radius 2 is 1.86 bits per heavy atom. The summed E-state index contributed by atoms with van der Waals surface area (Å²) in [6.07, 6.45) is 2.81. The third-order valence-electron chi connectivity index (χ3n) is 6.92. The van der Waals surface area contributed by atoms with Crippen LogP contribution in [0.5, 0.6) is 0 Å². The second kappa shape index (κ2) is 5.94. The van der Waals surface area contributed by atoms with E-state index in [9.17, 15) is 22.4 Å². The molecule has 1 amide bonds. The van der Waals surface area contributed by atoms with E-state index < -0.39 is 23.6 Å². The van der Waals surface area contributed by atoms with Gasteiger partial charge in [0.1, 0.15) is 0 Å². The monoisotopic (exact) mass is 395 g/mol. The molecule has 1 aromatic heterocycles. The van der Waals surface area contributed by atoms with E-state index in [4.69, 9.17) is 0 Å². The van der Waals surface area contributed by atoms with E-state index in [-0.39, 0.29) is 36.6 Å². The van der Waals surface area contributed by atoms with Gasteiger partial charge in [0.05, 0.1) is 17.4 Å². The van der Waals surface area contributed by atoms with Gasteiger partial charge in [0.15, 0.2) is 11.6 Å². The zero-order valence-electron chi connectivity index (χ0n) is 15.3. The van der Waals surface area contributed by atoms with E-state index in [2.05, 4.69) is 10.3 Å². The Hall–Kier alpha value is -2.12. The summed E-state index contributed by atoms with van der Waals surface area (Å²) in [5.41, 5.74) is 1.01. The minimum absolute atomic E-state index is 0.137. The van der Waals surface area contributed by atoms with Crippen molar-refractivity contribution in [2.24, 2.45) is 23.7 Å². The van der Waals surface area contributed by atoms with Crippen LogP contribution in [0.15, 0.2) is 18.5 Å². The Morgan fingerprint density at radius 1 is 1.21 bits per heavy atom. The van der Waals surface area contributed by atoms with Gasteiger partial charge in [-0.05, 0) is 30.6 Å². The lowest BCUT2D eigenvalue weighted by Gasteiger charge is -2.36. The predicted octanol–water partition coefficient (Wildman–Crippen LogP) is 4.06. The van der Waals surface area contributed by atoms with Crippen LogP contribution >= 0.6 is 0 Å². The molecular formula is C20H21F4N3O. The van der Waals surface area contributed by atoms with Gasteiger partial charge in [-0.15, -0.1) is 0 Å². The van der Waals surface area contributed by atoms with Gasteiger partial charge >= 0.3 is 0 Å². The Balaban J connectivity index is 1.21. The van der Waals surface area contributed by atoms with Gasteiger partial charge in [-0.25, -0.2) is 22.5 Å². The van der Waals surface area contributed by atoms with Crippen LogP contribution < -0.4 is 5.32 Å². The fourth-order valence-electron chi connectivity index (χ4n) is 5.42. The molecule has 1 N–H and O–H groups in total. The van der Waals surface area contributed by atoms with Crippen molar-refractivity contribution in [3.05, 3.63) is 30.1 Å². The largest absolute Gasteiger partial charge is 0.353 e. The Kier molecular flexibility index (Phi) is 3.81. The molecule has 1 unspecified atom stereocenters. The minimum Gasteiger partial charge on any atom is -0.353 e. The third kappa shape index (κ3) is 2.79. The van der Waals surface area contributed by atoms with Crippen molar-refractivity contribution in [1.82, 2.24) is 14.9 Å². The van der Waals surface area contributed by atoms with Crippen LogP contribution in [0, 0.1) is 35.3 Å². The molecule has 0 aliphatic heterocycles. The number of rotatable bonds is 4. The van der Waals surface area contributed by atoms with Gasteiger partial charge in [-0.3, -0.25) is 4.79 Å². The Bertz CT molecular complexity index is 938. The fraction of sp³-hybridized carbons (Fsp3) is 0.600. The average molecular weight is 395 g/mol. The molecule has 3 fully saturated rings. The van der Waals surface area contributed by atoms with E-state index in [0.717, 1.165) is 18.9 Å². The molecule has 1 aromatic carbocycles. The van der Waals surface area contributed by atoms with Crippen LogP contribution in [0.4, 0.5) is 17.6 Å². The smallest absolute Gasteiger partial charge is 0.252 e. The number of nitrogens with zero attached hydrogens (tertiary/aromatic N) is 2. The molecule has 3 aliphatic carbocycles. The van der Waals surface area contributed by atoms with Gasteiger partial charge in [-0.1, -0.05) is 6.92 Å². The number of carbonyl (C=O) groups excluding carboxylic acids is 1. The molecule has 5 atom stereocenters. The molecule has 150 valence electrons. The lowest BCUT2D eigenvalue weighted by Crippen LogP contribution is -2.51. The number of benzene rings is 1. The summed E-state index contributed by atoms with van der Waals surface area (Å²) in [6, 6.07) is 2.03. The van der Waals surface area contributed by atoms with Crippen LogP contribution in [0.1, 0.15) is 38.6 Å². The number of hydrogen-bond donors (Lipinski definition) is 1. The van der Waals surface area contributed by atoms with E-state index in [1.165, 1.54) is 6.07 Å². The van der Waals surface area contributed by atoms with Crippen LogP contribution in [0.2, 0.25) is 0 Å². The number of imidazole rings is 1. The summed E-state index contributed by atoms with van der Waals surface area (Å²) in [5.74, 6) is -3.70. The van der Waals surface area contributed by atoms with Gasteiger partial charge in [0.2, 0.25) is 5.91 Å². The quantitative estimate of drug-likeness (QED) is 0.794. The first-order valence-corrected chi connectivity index (χ1v) is 9.73. The topological polar surface area (TPSA) is 46.9 Å². The number of alkyl halides is 2. The molecule has 5 rings (SSSR count). The molecule has 2 aromatic rings. The molecule has 0 spiro atoms. The maximum Gasteiger partial charge on any atom is 0.252 e. The molecule has 3 aliphatic rings. The highest BCUT2D eigenvalue weighted by atomic mass is 19.3. The van der Waals surface area contributed by atoms with E-state index >= 15 is 0 Å². The second-order valence-corrected chi connectivity index (χ2v) is 8.70. The van der Waals surface area contributed by atoms with Crippen molar-refractivity contribution >= 4 is 16.9 Å². The highest BCUT2D eigenvalue weighted by Gasteiger charge is 2.59. The highest BCUT2D eigenvalue weighted by molar-refractivity contribution is 5.79. The summed E-state index contributed by atoms with van der Waals surface area (Å²) < 4.78 is 54.8. The SMILES string of the molecule is CC(C(=O)NC1CC(F)(F)C1)[C@H]1[C@@H]2C[C@@H](n3cnc4cc(F)c(F)cc43)C[C@@H]21. The zero-order chi connectivity index (χ0) is 19.8. The van der Waals surface area contributed by atoms with Crippen molar-refractivity contribution < 1.29 is 22.4 Å². The first-order valence-electron chi connectivity index (χ1n) is 9.73. The van der Waals surface area contributed by atoms with Crippen molar-refractivity contribution in [1.29, 1.82) is 0 Å². The Morgan fingerprint density at radius 3 is 2.50 bits per heavy atom. The molecule has 0 radical (unpaired) electrons. The van der Waals surface area contributed by atoms with Crippen molar-refractivity contribution in [2.75, 3.05) is 0 Å². The third-order valence-corrected chi connectivity index (χ3v) is 6.92. The molecule has 0 saturated heterocycles. The molecule has 3 saturated carbocycles. The minimum atomic E-state index is -2.64. The van der Waals surface area contributed by atoms with Gasteiger partial charge in [0.25, 0.3) is 5.92 Å². The first kappa shape index (κ1) is 17.9. The average Bonchev–Trinajstić information content (AvgIpc) is 2.92. The van der Waals surface area contributed by atoms with Crippen LogP contribution in [0.25, 0.3) is 11.0 Å². The lowest BCUT2D eigenvalue weighted by atomic mass is 9.87. The summed E-state index contributed by atoms with van der Waals surface area (Å²) in [6.45, 7) is 1.87. The predicted molar refractivity (Wildman–Crippen MR) is 93.7 cm³/mol. The summed E-state index contributed by atoms with van der Waals surface area (Å²) in [5, 5.41) is 2.75. The number of amides is 1. The molecule has 0 bridgehead atoms. The Labute approximate surface area is 159 Å². The number of halogens is 4. The van der Waals surface area contributed by atoms with Crippen LogP contribution in [0.3, 0.4) is 0 Å². The number of carbonyl (C=O) groups is 1. The first-order chi connectivity index (χ1) is 13.2. The molecule has 1 heterocycles. The van der Waals surface area contributed by atoms with Gasteiger partial charge in [0, 0.05) is 43.0 Å². The number of aromatic nitrogens is 2. The standard InChI is InChI=1S/C20H21F4N3O/c1-9(19(28)26-10-6-20(23,24)7-10)18-12-2-11(3-13(12)18)27-8-25-16-4-14(21)15(22)5-17(16)27/h4-5,8-13,18H,2-3,6-7H2,1H3,(H,26,28)/t9?,11-,12-,13+,18+. The molecular weight excluding hydrogens is 374 g/mol. The van der Waals surface area contributed by atoms with Gasteiger partial charge < -0.3 is 9.88 Å². The van der Waals surface area contributed by atoms with Crippen LogP contribution in [-0.4, -0.2) is 27.4 Å². The van der Waals surface area contributed by atoms with Crippen molar-refractivity contribution in [3.8, 4) is 0 Å². The zero-order valence-corrected chi connectivity index (χ0v) is 15.3. The number of nitrogens with one attached hydrogen (secondary N) is 1. The van der Waals surface area contributed by atoms with Crippen molar-refractivity contribution in [2.45, 2.75) is 50.6 Å². The van der Waals surface area contributed by atoms with Gasteiger partial charge in [-0.2, -0.15) is 0 Å². The highest BCUT2D eigenvalue weighted by Crippen LogP contribution is 2.64. The van der Waals surface area contributed by atoms with Crippen molar-refractivity contribution in [3.63, 3.8) is 0 Å². The van der Waals surface area contributed by atoms with E-state index in [1.54, 1.807) is 6.33 Å². The van der Waals surface area contributed by atoms with E-state index in [1.807, 2.05) is 11.5 Å². The lowest BCUT2D eigenvalue weighted by molar-refractivity contribution is -0.133. The molecule has 8 heteroatoms. The molecule has 28 heavy (non-hydrogen) atoms. The summed E-state index contributed by atoms with van der Waals surface area (Å²) in [7, 11) is 0. The fourth-order valence-corrected chi connectivity index (χ4v) is 5.42. The maximum atomic E-state index is 13.6.